The van der Waals surface area contributed by atoms with Crippen LogP contribution in [0.4, 0.5) is 5.69 Å². The highest BCUT2D eigenvalue weighted by molar-refractivity contribution is 7.89. The summed E-state index contributed by atoms with van der Waals surface area (Å²) in [7, 11) is -3.54. The number of ether oxygens (including phenoxy) is 1. The molecule has 0 aliphatic rings. The maximum atomic E-state index is 12.1. The minimum absolute atomic E-state index is 0.199. The maximum Gasteiger partial charge on any atom is 0.240 e. The van der Waals surface area contributed by atoms with E-state index in [1.807, 2.05) is 31.2 Å². The Bertz CT molecular complexity index is 695. The fourth-order valence-corrected chi connectivity index (χ4v) is 2.85. The van der Waals surface area contributed by atoms with Gasteiger partial charge in [-0.05, 0) is 48.4 Å². The third-order valence-electron chi connectivity index (χ3n) is 3.05. The Labute approximate surface area is 131 Å². The zero-order valence-electron chi connectivity index (χ0n) is 12.5. The maximum absolute atomic E-state index is 12.1. The number of hydrogen-bond donors (Lipinski definition) is 2. The first kappa shape index (κ1) is 16.3. The molecule has 0 unspecified atom stereocenters. The van der Waals surface area contributed by atoms with Gasteiger partial charge in [-0.1, -0.05) is 19.1 Å². The van der Waals surface area contributed by atoms with Crippen molar-refractivity contribution in [2.75, 3.05) is 12.3 Å². The van der Waals surface area contributed by atoms with Crippen LogP contribution in [0.2, 0.25) is 0 Å². The van der Waals surface area contributed by atoms with E-state index in [-0.39, 0.29) is 11.4 Å². The van der Waals surface area contributed by atoms with Gasteiger partial charge in [0.25, 0.3) is 0 Å². The van der Waals surface area contributed by atoms with E-state index < -0.39 is 10.0 Å². The Balaban J connectivity index is 1.98. The van der Waals surface area contributed by atoms with Crippen LogP contribution in [-0.2, 0) is 16.6 Å². The third-order valence-corrected chi connectivity index (χ3v) is 4.47. The fraction of sp³-hybridized carbons (Fsp3) is 0.250. The summed E-state index contributed by atoms with van der Waals surface area (Å²) in [5.74, 6) is 0.784. The van der Waals surface area contributed by atoms with E-state index in [1.165, 1.54) is 12.1 Å². The summed E-state index contributed by atoms with van der Waals surface area (Å²) in [6.45, 7) is 2.93. The third kappa shape index (κ3) is 4.47. The van der Waals surface area contributed by atoms with Crippen LogP contribution in [0.1, 0.15) is 18.9 Å². The average molecular weight is 320 g/mol. The van der Waals surface area contributed by atoms with Crippen molar-refractivity contribution in [3.05, 3.63) is 54.1 Å². The summed E-state index contributed by atoms with van der Waals surface area (Å²) in [4.78, 5) is 0.199. The van der Waals surface area contributed by atoms with Crippen LogP contribution in [0.15, 0.2) is 53.4 Å². The molecule has 0 bridgehead atoms. The van der Waals surface area contributed by atoms with Crippen molar-refractivity contribution in [2.45, 2.75) is 24.8 Å². The van der Waals surface area contributed by atoms with E-state index >= 15 is 0 Å². The van der Waals surface area contributed by atoms with Gasteiger partial charge in [0.05, 0.1) is 11.5 Å². The van der Waals surface area contributed by atoms with Crippen LogP contribution in [0, 0.1) is 0 Å². The molecule has 0 fully saturated rings. The first-order chi connectivity index (χ1) is 10.5. The summed E-state index contributed by atoms with van der Waals surface area (Å²) in [6, 6.07) is 13.5. The van der Waals surface area contributed by atoms with Gasteiger partial charge in [-0.3, -0.25) is 0 Å². The first-order valence-electron chi connectivity index (χ1n) is 7.08. The van der Waals surface area contributed by atoms with Crippen molar-refractivity contribution in [1.29, 1.82) is 0 Å². The van der Waals surface area contributed by atoms with E-state index in [9.17, 15) is 8.42 Å². The molecule has 6 heteroatoms. The van der Waals surface area contributed by atoms with Gasteiger partial charge in [-0.15, -0.1) is 0 Å². The van der Waals surface area contributed by atoms with Gasteiger partial charge < -0.3 is 10.5 Å². The van der Waals surface area contributed by atoms with Gasteiger partial charge in [-0.2, -0.15) is 0 Å². The number of rotatable bonds is 7. The number of hydrogen-bond acceptors (Lipinski definition) is 4. The average Bonchev–Trinajstić information content (AvgIpc) is 2.52. The van der Waals surface area contributed by atoms with E-state index in [1.54, 1.807) is 12.1 Å². The Kier molecular flexibility index (Phi) is 5.41. The van der Waals surface area contributed by atoms with Crippen molar-refractivity contribution < 1.29 is 13.2 Å². The highest BCUT2D eigenvalue weighted by atomic mass is 32.2. The normalized spacial score (nSPS) is 11.3. The SMILES string of the molecule is CCCOc1ccc(CNS(=O)(=O)c2ccc(N)cc2)cc1. The molecule has 0 atom stereocenters. The van der Waals surface area contributed by atoms with Crippen molar-refractivity contribution in [2.24, 2.45) is 0 Å². The second kappa shape index (κ2) is 7.29. The number of sulfonamides is 1. The summed E-state index contributed by atoms with van der Waals surface area (Å²) >= 11 is 0. The molecule has 118 valence electrons. The first-order valence-corrected chi connectivity index (χ1v) is 8.56. The lowest BCUT2D eigenvalue weighted by Crippen LogP contribution is -2.23. The topological polar surface area (TPSA) is 81.4 Å². The summed E-state index contributed by atoms with van der Waals surface area (Å²) in [5, 5.41) is 0. The van der Waals surface area contributed by atoms with Crippen LogP contribution in [-0.4, -0.2) is 15.0 Å². The van der Waals surface area contributed by atoms with Crippen LogP contribution in [0.3, 0.4) is 0 Å². The van der Waals surface area contributed by atoms with Crippen molar-refractivity contribution in [3.8, 4) is 5.75 Å². The van der Waals surface area contributed by atoms with Crippen molar-refractivity contribution >= 4 is 15.7 Å². The quantitative estimate of drug-likeness (QED) is 0.768. The Morgan fingerprint density at radius 1 is 1.05 bits per heavy atom. The molecule has 0 aliphatic heterocycles. The van der Waals surface area contributed by atoms with Crippen LogP contribution < -0.4 is 15.2 Å². The number of nitrogens with two attached hydrogens (primary N) is 1. The molecule has 2 rings (SSSR count). The second-order valence-corrected chi connectivity index (χ2v) is 6.65. The number of benzene rings is 2. The van der Waals surface area contributed by atoms with Crippen LogP contribution >= 0.6 is 0 Å². The fourth-order valence-electron chi connectivity index (χ4n) is 1.83. The Hall–Kier alpha value is -2.05. The molecule has 22 heavy (non-hydrogen) atoms. The van der Waals surface area contributed by atoms with Crippen LogP contribution in [0.25, 0.3) is 0 Å². The lowest BCUT2D eigenvalue weighted by atomic mass is 10.2. The van der Waals surface area contributed by atoms with Gasteiger partial charge in [0, 0.05) is 12.2 Å². The highest BCUT2D eigenvalue weighted by Crippen LogP contribution is 2.14. The number of nitrogen functional groups attached to an aromatic ring is 1. The van der Waals surface area contributed by atoms with Gasteiger partial charge in [-0.25, -0.2) is 13.1 Å². The minimum atomic E-state index is -3.54. The lowest BCUT2D eigenvalue weighted by molar-refractivity contribution is 0.317. The summed E-state index contributed by atoms with van der Waals surface area (Å²) in [6.07, 6.45) is 0.948. The van der Waals surface area contributed by atoms with Crippen molar-refractivity contribution in [3.63, 3.8) is 0 Å². The van der Waals surface area contributed by atoms with Gasteiger partial charge in [0.1, 0.15) is 5.75 Å². The molecule has 0 saturated carbocycles. The highest BCUT2D eigenvalue weighted by Gasteiger charge is 2.13. The zero-order chi connectivity index (χ0) is 16.0. The molecule has 2 aromatic rings. The monoisotopic (exact) mass is 320 g/mol. The molecular weight excluding hydrogens is 300 g/mol. The van der Waals surface area contributed by atoms with Gasteiger partial charge >= 0.3 is 0 Å². The molecule has 5 nitrogen and oxygen atoms in total. The van der Waals surface area contributed by atoms with Gasteiger partial charge in [0.2, 0.25) is 10.0 Å². The lowest BCUT2D eigenvalue weighted by Gasteiger charge is -2.08. The number of nitrogens with one attached hydrogen (secondary N) is 1. The van der Waals surface area contributed by atoms with E-state index in [0.717, 1.165) is 17.7 Å². The molecule has 0 heterocycles. The zero-order valence-corrected chi connectivity index (χ0v) is 13.3. The van der Waals surface area contributed by atoms with Gasteiger partial charge in [0.15, 0.2) is 0 Å². The molecular formula is C16H20N2O3S. The molecule has 0 aliphatic carbocycles. The second-order valence-electron chi connectivity index (χ2n) is 4.89. The van der Waals surface area contributed by atoms with E-state index in [4.69, 9.17) is 10.5 Å². The Morgan fingerprint density at radius 2 is 1.68 bits per heavy atom. The van der Waals surface area contributed by atoms with Crippen LogP contribution in [0.5, 0.6) is 5.75 Å². The van der Waals surface area contributed by atoms with E-state index in [0.29, 0.717) is 12.3 Å². The Morgan fingerprint density at radius 3 is 2.27 bits per heavy atom. The number of anilines is 1. The molecule has 0 radical (unpaired) electrons. The summed E-state index contributed by atoms with van der Waals surface area (Å²) in [5.41, 5.74) is 6.95. The standard InChI is InChI=1S/C16H20N2O3S/c1-2-11-21-15-7-3-13(4-8-15)12-18-22(19,20)16-9-5-14(17)6-10-16/h3-10,18H,2,11-12,17H2,1H3. The molecule has 0 amide bonds. The molecule has 0 saturated heterocycles. The van der Waals surface area contributed by atoms with E-state index in [2.05, 4.69) is 4.72 Å². The molecule has 0 aromatic heterocycles. The molecule has 3 N–H and O–H groups in total. The predicted molar refractivity (Wildman–Crippen MR) is 87.1 cm³/mol. The smallest absolute Gasteiger partial charge is 0.240 e. The largest absolute Gasteiger partial charge is 0.494 e. The predicted octanol–water partition coefficient (Wildman–Crippen LogP) is 2.54. The summed E-state index contributed by atoms with van der Waals surface area (Å²) < 4.78 is 32.3. The van der Waals surface area contributed by atoms with Crippen molar-refractivity contribution in [1.82, 2.24) is 4.72 Å². The minimum Gasteiger partial charge on any atom is -0.494 e. The molecule has 2 aromatic carbocycles. The molecule has 0 spiro atoms.